The molecule has 0 aliphatic rings. The number of ether oxygens (including phenoxy) is 1. The van der Waals surface area contributed by atoms with Crippen molar-refractivity contribution in [2.24, 2.45) is 0 Å². The summed E-state index contributed by atoms with van der Waals surface area (Å²) in [4.78, 5) is 48.6. The summed E-state index contributed by atoms with van der Waals surface area (Å²) in [5.41, 5.74) is 1.56. The number of rotatable bonds is 18. The number of carboxylic acids is 1. The Kier molecular flexibility index (Phi) is 14.6. The van der Waals surface area contributed by atoms with E-state index in [1.807, 2.05) is 43.3 Å². The number of nitrogens with one attached hydrogen (secondary N) is 4. The number of amides is 3. The fourth-order valence-electron chi connectivity index (χ4n) is 3.48. The van der Waals surface area contributed by atoms with E-state index in [-0.39, 0.29) is 32.3 Å². The van der Waals surface area contributed by atoms with E-state index in [1.54, 1.807) is 24.3 Å². The fraction of sp³-hybridized carbons (Fsp3) is 0.429. The lowest BCUT2D eigenvalue weighted by Gasteiger charge is -2.22. The van der Waals surface area contributed by atoms with Crippen LogP contribution in [0.15, 0.2) is 60.7 Å². The van der Waals surface area contributed by atoms with Gasteiger partial charge in [0.2, 0.25) is 11.8 Å². The van der Waals surface area contributed by atoms with Gasteiger partial charge in [0.1, 0.15) is 25.0 Å². The Bertz CT molecular complexity index is 1170. The van der Waals surface area contributed by atoms with Gasteiger partial charge >= 0.3 is 12.1 Å². The molecular weight excluding hydrogens is 551 g/mol. The smallest absolute Gasteiger partial charge is 0.408 e. The van der Waals surface area contributed by atoms with Crippen LogP contribution in [0, 0.1) is 0 Å². The highest BCUT2D eigenvalue weighted by Crippen LogP contribution is 2.41. The number of alkyl carbamates (subject to hydrolysis) is 1. The molecule has 0 aliphatic carbocycles. The second kappa shape index (κ2) is 17.9. The first-order valence-electron chi connectivity index (χ1n) is 13.4. The highest BCUT2D eigenvalue weighted by Gasteiger charge is 2.26. The molecule has 2 rings (SSSR count). The largest absolute Gasteiger partial charge is 0.480 e. The predicted molar refractivity (Wildman–Crippen MR) is 153 cm³/mol. The molecule has 0 radical (unpaired) electrons. The first-order chi connectivity index (χ1) is 19.6. The van der Waals surface area contributed by atoms with E-state index in [9.17, 15) is 28.8 Å². The number of carbonyl (C=O) groups is 4. The predicted octanol–water partition coefficient (Wildman–Crippen LogP) is 3.52. The van der Waals surface area contributed by atoms with E-state index in [0.717, 1.165) is 24.0 Å². The van der Waals surface area contributed by atoms with E-state index < -0.39 is 43.5 Å². The van der Waals surface area contributed by atoms with Gasteiger partial charge in [0.05, 0.1) is 6.61 Å². The van der Waals surface area contributed by atoms with Crippen molar-refractivity contribution in [3.05, 3.63) is 71.8 Å². The molecule has 0 fully saturated rings. The van der Waals surface area contributed by atoms with Crippen LogP contribution < -0.4 is 21.0 Å². The van der Waals surface area contributed by atoms with Gasteiger partial charge in [0.25, 0.3) is 7.52 Å². The Hall–Kier alpha value is -3.73. The van der Waals surface area contributed by atoms with Gasteiger partial charge in [-0.05, 0) is 30.9 Å². The van der Waals surface area contributed by atoms with Crippen molar-refractivity contribution >= 4 is 31.4 Å². The average molecular weight is 591 g/mol. The highest BCUT2D eigenvalue weighted by atomic mass is 31.2. The van der Waals surface area contributed by atoms with Gasteiger partial charge in [-0.25, -0.2) is 14.7 Å². The maximum Gasteiger partial charge on any atom is 0.408 e. The Morgan fingerprint density at radius 2 is 1.54 bits per heavy atom. The maximum atomic E-state index is 13.3. The first kappa shape index (κ1) is 33.5. The van der Waals surface area contributed by atoms with E-state index in [1.165, 1.54) is 6.92 Å². The Morgan fingerprint density at radius 3 is 2.12 bits per heavy atom. The molecule has 0 bridgehead atoms. The van der Waals surface area contributed by atoms with Crippen LogP contribution in [0.3, 0.4) is 0 Å². The van der Waals surface area contributed by atoms with Crippen molar-refractivity contribution < 1.29 is 38.1 Å². The Labute approximate surface area is 240 Å². The Balaban J connectivity index is 1.80. The zero-order valence-electron chi connectivity index (χ0n) is 23.3. The van der Waals surface area contributed by atoms with Crippen molar-refractivity contribution in [2.45, 2.75) is 64.8 Å². The number of hydrogen-bond acceptors (Lipinski definition) is 7. The van der Waals surface area contributed by atoms with Gasteiger partial charge in [-0.2, -0.15) is 0 Å². The third-order valence-corrected chi connectivity index (χ3v) is 7.69. The summed E-state index contributed by atoms with van der Waals surface area (Å²) in [6, 6.07) is 15.7. The van der Waals surface area contributed by atoms with Gasteiger partial charge in [-0.3, -0.25) is 14.2 Å². The topological polar surface area (TPSA) is 172 Å². The minimum absolute atomic E-state index is 0.0372. The normalized spacial score (nSPS) is 13.7. The molecule has 0 saturated carbocycles. The molecular formula is C28H39N4O8P. The van der Waals surface area contributed by atoms with Gasteiger partial charge in [0, 0.05) is 13.0 Å². The summed E-state index contributed by atoms with van der Waals surface area (Å²) < 4.78 is 24.0. The third-order valence-electron chi connectivity index (χ3n) is 5.86. The lowest BCUT2D eigenvalue weighted by molar-refractivity contribution is -0.139. The van der Waals surface area contributed by atoms with Crippen LogP contribution in [0.5, 0.6) is 0 Å². The third kappa shape index (κ3) is 13.5. The standard InChI is InChI=1S/C28H39N4O8P/c1-3-4-17-30-41(38,40-19-23-13-9-6-10-14-23)20-29-26(34)21(2)31-25(33)16-15-24(27(35)36)32-28(37)39-18-22-11-7-5-8-12-22/h5-14,21,24H,3-4,15-20H2,1-2H3,(H,29,34)(H,30,38)(H,31,33)(H,32,37)(H,35,36)/t21-,24-,41?/m0/s1. The van der Waals surface area contributed by atoms with Gasteiger partial charge in [0.15, 0.2) is 0 Å². The number of aliphatic carboxylic acids is 1. The summed E-state index contributed by atoms with van der Waals surface area (Å²) in [5, 5.41) is 19.6. The number of carboxylic acid groups (broad SMARTS) is 1. The molecule has 0 aromatic heterocycles. The van der Waals surface area contributed by atoms with Crippen LogP contribution in [-0.2, 0) is 41.4 Å². The Morgan fingerprint density at radius 1 is 0.927 bits per heavy atom. The van der Waals surface area contributed by atoms with Crippen molar-refractivity contribution in [3.8, 4) is 0 Å². The second-order valence-electron chi connectivity index (χ2n) is 9.32. The molecule has 0 aliphatic heterocycles. The van der Waals surface area contributed by atoms with Crippen LogP contribution >= 0.6 is 7.52 Å². The molecule has 0 heterocycles. The zero-order valence-corrected chi connectivity index (χ0v) is 24.2. The lowest BCUT2D eigenvalue weighted by atomic mass is 10.1. The lowest BCUT2D eigenvalue weighted by Crippen LogP contribution is -2.46. The highest BCUT2D eigenvalue weighted by molar-refractivity contribution is 7.56. The molecule has 12 nitrogen and oxygen atoms in total. The molecule has 3 atom stereocenters. The SMILES string of the molecule is CCCCNP(=O)(CNC(=O)[C@H](C)NC(=O)CC[C@H](NC(=O)OCc1ccccc1)C(=O)O)OCc1ccccc1. The number of hydrogen-bond donors (Lipinski definition) is 5. The summed E-state index contributed by atoms with van der Waals surface area (Å²) in [7, 11) is -3.43. The summed E-state index contributed by atoms with van der Waals surface area (Å²) in [6.07, 6.45) is -0.0472. The zero-order chi connectivity index (χ0) is 30.1. The van der Waals surface area contributed by atoms with Crippen LogP contribution in [0.4, 0.5) is 4.79 Å². The van der Waals surface area contributed by atoms with Crippen molar-refractivity contribution in [3.63, 3.8) is 0 Å². The second-order valence-corrected chi connectivity index (χ2v) is 11.6. The van der Waals surface area contributed by atoms with Crippen LogP contribution in [0.1, 0.15) is 50.7 Å². The van der Waals surface area contributed by atoms with Gasteiger partial charge in [-0.15, -0.1) is 0 Å². The molecule has 3 amide bonds. The average Bonchev–Trinajstić information content (AvgIpc) is 2.97. The maximum absolute atomic E-state index is 13.3. The van der Waals surface area contributed by atoms with E-state index >= 15 is 0 Å². The molecule has 5 N–H and O–H groups in total. The summed E-state index contributed by atoms with van der Waals surface area (Å²) in [5.74, 6) is -2.51. The molecule has 2 aromatic rings. The van der Waals surface area contributed by atoms with E-state index in [0.29, 0.717) is 6.54 Å². The molecule has 0 saturated heterocycles. The monoisotopic (exact) mass is 590 g/mol. The van der Waals surface area contributed by atoms with E-state index in [2.05, 4.69) is 21.0 Å². The molecule has 224 valence electrons. The number of carbonyl (C=O) groups excluding carboxylic acids is 3. The molecule has 2 aromatic carbocycles. The van der Waals surface area contributed by atoms with Crippen LogP contribution in [-0.4, -0.2) is 53.9 Å². The fourth-order valence-corrected chi connectivity index (χ4v) is 5.00. The van der Waals surface area contributed by atoms with Crippen molar-refractivity contribution in [2.75, 3.05) is 12.8 Å². The minimum Gasteiger partial charge on any atom is -0.480 e. The summed E-state index contributed by atoms with van der Waals surface area (Å²) >= 11 is 0. The van der Waals surface area contributed by atoms with Crippen molar-refractivity contribution in [1.29, 1.82) is 0 Å². The van der Waals surface area contributed by atoms with Crippen molar-refractivity contribution in [1.82, 2.24) is 21.0 Å². The molecule has 0 spiro atoms. The molecule has 13 heteroatoms. The number of unbranched alkanes of at least 4 members (excludes halogenated alkanes) is 1. The number of benzene rings is 2. The minimum atomic E-state index is -3.43. The molecule has 41 heavy (non-hydrogen) atoms. The van der Waals surface area contributed by atoms with Crippen LogP contribution in [0.25, 0.3) is 0 Å². The van der Waals surface area contributed by atoms with Gasteiger partial charge in [-0.1, -0.05) is 74.0 Å². The summed E-state index contributed by atoms with van der Waals surface area (Å²) in [6.45, 7) is 3.95. The first-order valence-corrected chi connectivity index (χ1v) is 15.2. The quantitative estimate of drug-likeness (QED) is 0.129. The van der Waals surface area contributed by atoms with E-state index in [4.69, 9.17) is 9.26 Å². The molecule has 1 unspecified atom stereocenters. The van der Waals surface area contributed by atoms with Gasteiger partial charge < -0.3 is 30.3 Å². The van der Waals surface area contributed by atoms with Crippen LogP contribution in [0.2, 0.25) is 0 Å².